The van der Waals surface area contributed by atoms with Crippen LogP contribution in [0.15, 0.2) is 18.2 Å². The first-order chi connectivity index (χ1) is 10.1. The summed E-state index contributed by atoms with van der Waals surface area (Å²) < 4.78 is 0. The van der Waals surface area contributed by atoms with Crippen LogP contribution in [-0.4, -0.2) is 41.9 Å². The molecule has 1 heterocycles. The number of nitro groups is 1. The van der Waals surface area contributed by atoms with Gasteiger partial charge in [0.2, 0.25) is 0 Å². The van der Waals surface area contributed by atoms with Crippen LogP contribution in [0.25, 0.3) is 0 Å². The van der Waals surface area contributed by atoms with Gasteiger partial charge in [-0.05, 0) is 38.1 Å². The van der Waals surface area contributed by atoms with E-state index in [0.717, 1.165) is 19.6 Å². The first-order valence-electron chi connectivity index (χ1n) is 7.02. The summed E-state index contributed by atoms with van der Waals surface area (Å²) in [5.74, 6) is -0.457. The van der Waals surface area contributed by atoms with Crippen molar-refractivity contribution in [2.75, 3.05) is 26.2 Å². The van der Waals surface area contributed by atoms with Crippen LogP contribution in [0.1, 0.15) is 29.6 Å². The molecule has 114 valence electrons. The van der Waals surface area contributed by atoms with E-state index in [2.05, 4.69) is 10.2 Å². The third-order valence-corrected chi connectivity index (χ3v) is 3.80. The van der Waals surface area contributed by atoms with E-state index in [1.54, 1.807) is 0 Å². The molecule has 0 aliphatic carbocycles. The van der Waals surface area contributed by atoms with E-state index in [4.69, 9.17) is 11.6 Å². The largest absolute Gasteiger partial charge is 0.351 e. The molecule has 1 aliphatic heterocycles. The number of hydrogen-bond acceptors (Lipinski definition) is 4. The highest BCUT2D eigenvalue weighted by Gasteiger charge is 2.20. The fraction of sp³-hybridized carbons (Fsp3) is 0.500. The lowest BCUT2D eigenvalue weighted by Crippen LogP contribution is -2.37. The molecule has 1 amide bonds. The Morgan fingerprint density at radius 1 is 1.33 bits per heavy atom. The van der Waals surface area contributed by atoms with Crippen LogP contribution in [0.3, 0.4) is 0 Å². The average Bonchev–Trinajstić information content (AvgIpc) is 2.47. The Hall–Kier alpha value is -1.66. The second-order valence-electron chi connectivity index (χ2n) is 5.08. The van der Waals surface area contributed by atoms with Gasteiger partial charge in [-0.1, -0.05) is 18.0 Å². The predicted octanol–water partition coefficient (Wildman–Crippen LogP) is 2.46. The minimum atomic E-state index is -0.574. The van der Waals surface area contributed by atoms with Crippen LogP contribution in [0.5, 0.6) is 0 Å². The lowest BCUT2D eigenvalue weighted by atomic mass is 10.1. The molecular weight excluding hydrogens is 294 g/mol. The Bertz CT molecular complexity index is 530. The number of amides is 1. The quantitative estimate of drug-likeness (QED) is 0.669. The van der Waals surface area contributed by atoms with Gasteiger partial charge in [0.1, 0.15) is 5.56 Å². The van der Waals surface area contributed by atoms with Crippen molar-refractivity contribution in [1.82, 2.24) is 10.2 Å². The molecule has 0 radical (unpaired) electrons. The summed E-state index contributed by atoms with van der Waals surface area (Å²) in [5, 5.41) is 14.0. The van der Waals surface area contributed by atoms with Gasteiger partial charge in [-0.2, -0.15) is 0 Å². The Balaban J connectivity index is 1.93. The van der Waals surface area contributed by atoms with Crippen molar-refractivity contribution in [3.63, 3.8) is 0 Å². The van der Waals surface area contributed by atoms with Crippen molar-refractivity contribution < 1.29 is 9.72 Å². The van der Waals surface area contributed by atoms with Crippen molar-refractivity contribution in [3.8, 4) is 0 Å². The topological polar surface area (TPSA) is 75.5 Å². The molecule has 1 aliphatic rings. The first-order valence-corrected chi connectivity index (χ1v) is 7.40. The molecule has 7 heteroatoms. The van der Waals surface area contributed by atoms with Crippen molar-refractivity contribution in [3.05, 3.63) is 38.9 Å². The van der Waals surface area contributed by atoms with Gasteiger partial charge in [0.15, 0.2) is 0 Å². The number of likely N-dealkylation sites (tertiary alicyclic amines) is 1. The molecule has 1 aromatic rings. The van der Waals surface area contributed by atoms with E-state index in [1.807, 2.05) is 0 Å². The Labute approximate surface area is 128 Å². The highest BCUT2D eigenvalue weighted by Crippen LogP contribution is 2.22. The smallest absolute Gasteiger partial charge is 0.282 e. The molecule has 0 spiro atoms. The van der Waals surface area contributed by atoms with Gasteiger partial charge in [-0.25, -0.2) is 0 Å². The fourth-order valence-electron chi connectivity index (χ4n) is 2.46. The molecule has 0 saturated carbocycles. The van der Waals surface area contributed by atoms with Crippen molar-refractivity contribution in [1.29, 1.82) is 0 Å². The highest BCUT2D eigenvalue weighted by atomic mass is 35.5. The van der Waals surface area contributed by atoms with E-state index in [0.29, 0.717) is 11.6 Å². The van der Waals surface area contributed by atoms with Crippen molar-refractivity contribution in [2.24, 2.45) is 0 Å². The zero-order chi connectivity index (χ0) is 15.2. The molecule has 1 N–H and O–H groups in total. The van der Waals surface area contributed by atoms with Crippen LogP contribution in [0, 0.1) is 10.1 Å². The molecular formula is C14H18ClN3O3. The second-order valence-corrected chi connectivity index (χ2v) is 5.51. The van der Waals surface area contributed by atoms with Crippen LogP contribution < -0.4 is 5.32 Å². The lowest BCUT2D eigenvalue weighted by molar-refractivity contribution is -0.385. The number of benzene rings is 1. The van der Waals surface area contributed by atoms with E-state index < -0.39 is 10.8 Å². The normalized spacial score (nSPS) is 15.7. The van der Waals surface area contributed by atoms with Gasteiger partial charge in [-0.15, -0.1) is 0 Å². The molecule has 0 aromatic heterocycles. The number of piperidine rings is 1. The van der Waals surface area contributed by atoms with Gasteiger partial charge in [0, 0.05) is 24.2 Å². The number of hydrogen-bond donors (Lipinski definition) is 1. The molecule has 6 nitrogen and oxygen atoms in total. The molecule has 0 bridgehead atoms. The van der Waals surface area contributed by atoms with Crippen LogP contribution in [0.2, 0.25) is 5.02 Å². The molecule has 1 saturated heterocycles. The van der Waals surface area contributed by atoms with Crippen LogP contribution >= 0.6 is 11.6 Å². The number of rotatable bonds is 5. The number of nitrogens with one attached hydrogen (secondary N) is 1. The minimum absolute atomic E-state index is 0.00569. The number of carbonyl (C=O) groups is 1. The third kappa shape index (κ3) is 4.41. The van der Waals surface area contributed by atoms with Gasteiger partial charge in [0.05, 0.1) is 4.92 Å². The molecule has 2 rings (SSSR count). The van der Waals surface area contributed by atoms with Gasteiger partial charge >= 0.3 is 0 Å². The average molecular weight is 312 g/mol. The second kappa shape index (κ2) is 7.38. The van der Waals surface area contributed by atoms with E-state index in [9.17, 15) is 14.9 Å². The van der Waals surface area contributed by atoms with Gasteiger partial charge < -0.3 is 10.2 Å². The number of nitrogens with zero attached hydrogens (tertiary/aromatic N) is 2. The summed E-state index contributed by atoms with van der Waals surface area (Å²) in [4.78, 5) is 24.7. The standard InChI is InChI=1S/C14H18ClN3O3/c15-11-4-5-13(18(20)21)12(10-11)14(19)16-6-9-17-7-2-1-3-8-17/h4-5,10H,1-3,6-9H2,(H,16,19). The summed E-state index contributed by atoms with van der Waals surface area (Å²) in [6.07, 6.45) is 3.64. The van der Waals surface area contributed by atoms with Gasteiger partial charge in [0.25, 0.3) is 11.6 Å². The molecule has 21 heavy (non-hydrogen) atoms. The fourth-order valence-corrected chi connectivity index (χ4v) is 2.63. The zero-order valence-corrected chi connectivity index (χ0v) is 12.4. The monoisotopic (exact) mass is 311 g/mol. The third-order valence-electron chi connectivity index (χ3n) is 3.56. The maximum atomic E-state index is 12.1. The Morgan fingerprint density at radius 3 is 2.71 bits per heavy atom. The number of carbonyl (C=O) groups excluding carboxylic acids is 1. The predicted molar refractivity (Wildman–Crippen MR) is 80.7 cm³/mol. The summed E-state index contributed by atoms with van der Waals surface area (Å²) in [7, 11) is 0. The summed E-state index contributed by atoms with van der Waals surface area (Å²) in [6, 6.07) is 3.99. The molecule has 1 fully saturated rings. The van der Waals surface area contributed by atoms with Gasteiger partial charge in [-0.3, -0.25) is 14.9 Å². The Morgan fingerprint density at radius 2 is 2.05 bits per heavy atom. The molecule has 1 aromatic carbocycles. The SMILES string of the molecule is O=C(NCCN1CCCCC1)c1cc(Cl)ccc1[N+](=O)[O-]. The highest BCUT2D eigenvalue weighted by molar-refractivity contribution is 6.31. The maximum Gasteiger partial charge on any atom is 0.282 e. The first kappa shape index (κ1) is 15.7. The van der Waals surface area contributed by atoms with E-state index >= 15 is 0 Å². The van der Waals surface area contributed by atoms with Crippen LogP contribution in [0.4, 0.5) is 5.69 Å². The molecule has 0 unspecified atom stereocenters. The summed E-state index contributed by atoms with van der Waals surface area (Å²) in [5.41, 5.74) is -0.221. The number of halogens is 1. The zero-order valence-electron chi connectivity index (χ0n) is 11.7. The van der Waals surface area contributed by atoms with Crippen LogP contribution in [-0.2, 0) is 0 Å². The van der Waals surface area contributed by atoms with E-state index in [1.165, 1.54) is 37.5 Å². The van der Waals surface area contributed by atoms with E-state index in [-0.39, 0.29) is 11.3 Å². The summed E-state index contributed by atoms with van der Waals surface area (Å²) in [6.45, 7) is 3.34. The lowest BCUT2D eigenvalue weighted by Gasteiger charge is -2.26. The minimum Gasteiger partial charge on any atom is -0.351 e. The number of nitro benzene ring substituents is 1. The van der Waals surface area contributed by atoms with Crippen molar-refractivity contribution in [2.45, 2.75) is 19.3 Å². The molecule has 0 atom stereocenters. The maximum absolute atomic E-state index is 12.1. The van der Waals surface area contributed by atoms with Crippen molar-refractivity contribution >= 4 is 23.2 Å². The summed E-state index contributed by atoms with van der Waals surface area (Å²) >= 11 is 5.81. The Kier molecular flexibility index (Phi) is 5.52.